The fourth-order valence-corrected chi connectivity index (χ4v) is 2.82. The number of carbonyl (C=O) groups excluding carboxylic acids is 1. The van der Waals surface area contributed by atoms with Crippen molar-refractivity contribution >= 4 is 16.2 Å². The Balaban J connectivity index is 4.38. The second-order valence-electron chi connectivity index (χ2n) is 4.66. The molecular formula is C12H27N3O4S. The Bertz CT molecular complexity index is 382. The summed E-state index contributed by atoms with van der Waals surface area (Å²) < 4.78 is 32.3. The summed E-state index contributed by atoms with van der Waals surface area (Å²) in [6.07, 6.45) is 0.0400. The van der Waals surface area contributed by atoms with E-state index in [0.29, 0.717) is 6.54 Å². The van der Waals surface area contributed by atoms with Gasteiger partial charge in [0, 0.05) is 26.2 Å². The van der Waals surface area contributed by atoms with Gasteiger partial charge in [-0.3, -0.25) is 4.79 Å². The zero-order valence-corrected chi connectivity index (χ0v) is 13.9. The van der Waals surface area contributed by atoms with Crippen molar-refractivity contribution in [2.75, 3.05) is 40.3 Å². The van der Waals surface area contributed by atoms with Crippen LogP contribution in [0.3, 0.4) is 0 Å². The maximum absolute atomic E-state index is 12.0. The van der Waals surface area contributed by atoms with E-state index in [1.54, 1.807) is 0 Å². The quantitative estimate of drug-likeness (QED) is 0.577. The van der Waals surface area contributed by atoms with Crippen LogP contribution in [-0.2, 0) is 19.7 Å². The lowest BCUT2D eigenvalue weighted by Gasteiger charge is -2.25. The predicted octanol–water partition coefficient (Wildman–Crippen LogP) is 0.0460. The van der Waals surface area contributed by atoms with Crippen molar-refractivity contribution in [2.24, 2.45) is 0 Å². The third kappa shape index (κ3) is 7.18. The minimum Gasteiger partial charge on any atom is -0.469 e. The third-order valence-electron chi connectivity index (χ3n) is 3.05. The zero-order valence-electron chi connectivity index (χ0n) is 13.0. The number of nitrogens with one attached hydrogen (secondary N) is 1. The second kappa shape index (κ2) is 9.28. The minimum atomic E-state index is -3.58. The molecule has 0 heterocycles. The number of methoxy groups -OCH3 is 1. The third-order valence-corrected chi connectivity index (χ3v) is 4.75. The molecule has 120 valence electrons. The Hall–Kier alpha value is -0.700. The Kier molecular flexibility index (Phi) is 8.95. The van der Waals surface area contributed by atoms with Crippen LogP contribution >= 0.6 is 0 Å². The van der Waals surface area contributed by atoms with Gasteiger partial charge in [-0.2, -0.15) is 17.4 Å². The SMILES string of the molecule is CCN(CC)CC(C)NS(=O)(=O)N(C)CCC(=O)OC. The van der Waals surface area contributed by atoms with Gasteiger partial charge in [0.05, 0.1) is 13.5 Å². The monoisotopic (exact) mass is 309 g/mol. The normalized spacial score (nSPS) is 13.8. The van der Waals surface area contributed by atoms with Crippen LogP contribution in [0.2, 0.25) is 0 Å². The van der Waals surface area contributed by atoms with E-state index >= 15 is 0 Å². The summed E-state index contributed by atoms with van der Waals surface area (Å²) in [6.45, 7) is 8.39. The molecule has 0 fully saturated rings. The van der Waals surface area contributed by atoms with Gasteiger partial charge < -0.3 is 9.64 Å². The number of esters is 1. The molecule has 0 aromatic carbocycles. The van der Waals surface area contributed by atoms with E-state index in [1.165, 1.54) is 14.2 Å². The van der Waals surface area contributed by atoms with Gasteiger partial charge in [0.25, 0.3) is 10.2 Å². The van der Waals surface area contributed by atoms with E-state index in [0.717, 1.165) is 17.4 Å². The number of hydrogen-bond acceptors (Lipinski definition) is 5. The topological polar surface area (TPSA) is 79.0 Å². The molecule has 0 rings (SSSR count). The molecule has 0 aliphatic heterocycles. The first-order chi connectivity index (χ1) is 9.26. The maximum atomic E-state index is 12.0. The Morgan fingerprint density at radius 2 is 1.85 bits per heavy atom. The molecule has 1 atom stereocenters. The standard InChI is InChI=1S/C12H27N3O4S/c1-6-15(7-2)10-11(3)13-20(17,18)14(4)9-8-12(16)19-5/h11,13H,6-10H2,1-5H3. The van der Waals surface area contributed by atoms with Crippen molar-refractivity contribution in [3.63, 3.8) is 0 Å². The van der Waals surface area contributed by atoms with Crippen molar-refractivity contribution in [1.29, 1.82) is 0 Å². The Morgan fingerprint density at radius 1 is 1.30 bits per heavy atom. The van der Waals surface area contributed by atoms with Crippen LogP contribution in [0, 0.1) is 0 Å². The Labute approximate surface area is 122 Å². The number of hydrogen-bond donors (Lipinski definition) is 1. The first-order valence-electron chi connectivity index (χ1n) is 6.79. The summed E-state index contributed by atoms with van der Waals surface area (Å²) in [6, 6.07) is -0.194. The lowest BCUT2D eigenvalue weighted by Crippen LogP contribution is -2.47. The molecular weight excluding hydrogens is 282 g/mol. The number of likely N-dealkylation sites (N-methyl/N-ethyl adjacent to an activating group) is 1. The van der Waals surface area contributed by atoms with Gasteiger partial charge in [-0.1, -0.05) is 13.8 Å². The second-order valence-corrected chi connectivity index (χ2v) is 6.47. The van der Waals surface area contributed by atoms with E-state index in [9.17, 15) is 13.2 Å². The highest BCUT2D eigenvalue weighted by molar-refractivity contribution is 7.87. The van der Waals surface area contributed by atoms with E-state index in [-0.39, 0.29) is 19.0 Å². The average Bonchev–Trinajstić information content (AvgIpc) is 2.40. The molecule has 20 heavy (non-hydrogen) atoms. The molecule has 7 nitrogen and oxygen atoms in total. The van der Waals surface area contributed by atoms with Crippen LogP contribution in [0.25, 0.3) is 0 Å². The summed E-state index contributed by atoms with van der Waals surface area (Å²) in [5, 5.41) is 0. The molecule has 0 aliphatic rings. The van der Waals surface area contributed by atoms with Crippen molar-refractivity contribution in [3.05, 3.63) is 0 Å². The summed E-state index contributed by atoms with van der Waals surface area (Å²) >= 11 is 0. The van der Waals surface area contributed by atoms with Crippen molar-refractivity contribution in [3.8, 4) is 0 Å². The molecule has 0 bridgehead atoms. The Morgan fingerprint density at radius 3 is 2.30 bits per heavy atom. The van der Waals surface area contributed by atoms with E-state index < -0.39 is 16.2 Å². The maximum Gasteiger partial charge on any atom is 0.306 e. The van der Waals surface area contributed by atoms with Gasteiger partial charge in [0.2, 0.25) is 0 Å². The highest BCUT2D eigenvalue weighted by Gasteiger charge is 2.21. The number of nitrogens with zero attached hydrogens (tertiary/aromatic N) is 2. The molecule has 0 aromatic rings. The van der Waals surface area contributed by atoms with Gasteiger partial charge in [-0.05, 0) is 20.0 Å². The van der Waals surface area contributed by atoms with Crippen molar-refractivity contribution in [1.82, 2.24) is 13.9 Å². The fraction of sp³-hybridized carbons (Fsp3) is 0.917. The van der Waals surface area contributed by atoms with Crippen molar-refractivity contribution < 1.29 is 17.9 Å². The lowest BCUT2D eigenvalue weighted by atomic mass is 10.3. The molecule has 1 N–H and O–H groups in total. The fourth-order valence-electron chi connectivity index (χ4n) is 1.72. The molecule has 0 radical (unpaired) electrons. The number of ether oxygens (including phenoxy) is 1. The molecule has 1 unspecified atom stereocenters. The van der Waals surface area contributed by atoms with Crippen LogP contribution in [0.1, 0.15) is 27.2 Å². The van der Waals surface area contributed by atoms with Gasteiger partial charge in [-0.25, -0.2) is 0 Å². The van der Waals surface area contributed by atoms with Gasteiger partial charge in [-0.15, -0.1) is 0 Å². The zero-order chi connectivity index (χ0) is 15.8. The van der Waals surface area contributed by atoms with Crippen LogP contribution in [0.5, 0.6) is 0 Å². The predicted molar refractivity (Wildman–Crippen MR) is 78.6 cm³/mol. The van der Waals surface area contributed by atoms with Gasteiger partial charge >= 0.3 is 5.97 Å². The largest absolute Gasteiger partial charge is 0.469 e. The molecule has 0 saturated carbocycles. The minimum absolute atomic E-state index is 0.0400. The van der Waals surface area contributed by atoms with Gasteiger partial charge in [0.1, 0.15) is 0 Å². The van der Waals surface area contributed by atoms with E-state index in [4.69, 9.17) is 0 Å². The summed E-state index contributed by atoms with van der Waals surface area (Å²) in [5.74, 6) is -0.428. The van der Waals surface area contributed by atoms with Crippen LogP contribution in [0.15, 0.2) is 0 Å². The van der Waals surface area contributed by atoms with E-state index in [1.807, 2.05) is 20.8 Å². The van der Waals surface area contributed by atoms with Crippen molar-refractivity contribution in [2.45, 2.75) is 33.2 Å². The molecule has 0 amide bonds. The van der Waals surface area contributed by atoms with Gasteiger partial charge in [0.15, 0.2) is 0 Å². The number of rotatable bonds is 10. The van der Waals surface area contributed by atoms with Crippen LogP contribution in [-0.4, -0.2) is 70.0 Å². The lowest BCUT2D eigenvalue weighted by molar-refractivity contribution is -0.140. The van der Waals surface area contributed by atoms with Crippen LogP contribution in [0.4, 0.5) is 0 Å². The highest BCUT2D eigenvalue weighted by atomic mass is 32.2. The first kappa shape index (κ1) is 19.3. The summed E-state index contributed by atoms with van der Waals surface area (Å²) in [5.41, 5.74) is 0. The molecule has 0 saturated heterocycles. The van der Waals surface area contributed by atoms with E-state index in [2.05, 4.69) is 14.4 Å². The molecule has 0 spiro atoms. The first-order valence-corrected chi connectivity index (χ1v) is 8.23. The van der Waals surface area contributed by atoms with Crippen LogP contribution < -0.4 is 4.72 Å². The average molecular weight is 309 g/mol. The smallest absolute Gasteiger partial charge is 0.306 e. The summed E-state index contributed by atoms with van der Waals surface area (Å²) in [7, 11) is -0.858. The highest BCUT2D eigenvalue weighted by Crippen LogP contribution is 2.00. The molecule has 0 aromatic heterocycles. The molecule has 0 aliphatic carbocycles. The summed E-state index contributed by atoms with van der Waals surface area (Å²) in [4.78, 5) is 13.2. The number of carbonyl (C=O) groups is 1. The molecule has 8 heteroatoms.